The van der Waals surface area contributed by atoms with Crippen molar-refractivity contribution in [1.82, 2.24) is 9.13 Å². The van der Waals surface area contributed by atoms with Crippen molar-refractivity contribution in [2.75, 3.05) is 0 Å². The van der Waals surface area contributed by atoms with E-state index in [0.29, 0.717) is 0 Å². The lowest BCUT2D eigenvalue weighted by molar-refractivity contribution is 0.671. The minimum Gasteiger partial charge on any atom is -0.454 e. The van der Waals surface area contributed by atoms with Gasteiger partial charge >= 0.3 is 0 Å². The van der Waals surface area contributed by atoms with Gasteiger partial charge in [-0.2, -0.15) is 0 Å². The second-order valence-corrected chi connectivity index (χ2v) is 13.2. The maximum absolute atomic E-state index is 6.94. The molecule has 4 heterocycles. The molecule has 214 valence electrons. The Bertz CT molecular complexity index is 3030. The minimum absolute atomic E-state index is 0.896. The predicted octanol–water partition coefficient (Wildman–Crippen LogP) is 12.1. The van der Waals surface area contributed by atoms with E-state index in [2.05, 4.69) is 155 Å². The molecule has 0 saturated heterocycles. The molecule has 7 aromatic carbocycles. The van der Waals surface area contributed by atoms with Gasteiger partial charge < -0.3 is 13.6 Å². The van der Waals surface area contributed by atoms with E-state index in [-0.39, 0.29) is 0 Å². The number of rotatable bonds is 2. The molecule has 0 amide bonds. The molecule has 0 aliphatic carbocycles. The molecule has 3 nitrogen and oxygen atoms in total. The summed E-state index contributed by atoms with van der Waals surface area (Å²) >= 11 is 1.86. The zero-order chi connectivity index (χ0) is 29.9. The molecule has 0 unspecified atom stereocenters. The topological polar surface area (TPSA) is 23.0 Å². The Labute approximate surface area is 266 Å². The van der Waals surface area contributed by atoms with Gasteiger partial charge in [0.05, 0.1) is 27.5 Å². The lowest BCUT2D eigenvalue weighted by atomic mass is 10.0. The largest absolute Gasteiger partial charge is 0.454 e. The van der Waals surface area contributed by atoms with Crippen LogP contribution in [-0.2, 0) is 0 Å². The van der Waals surface area contributed by atoms with Gasteiger partial charge in [0.25, 0.3) is 0 Å². The summed E-state index contributed by atoms with van der Waals surface area (Å²) in [6, 6.07) is 52.5. The maximum Gasteiger partial charge on any atom is 0.162 e. The Morgan fingerprint density at radius 1 is 0.413 bits per heavy atom. The van der Waals surface area contributed by atoms with Crippen molar-refractivity contribution < 1.29 is 4.42 Å². The SMILES string of the molecule is c1ccc(-n2c3ccccc3c3c4c5ccccc5n(-c5ccc6sc7ccccc7c6c5)c4c4c5ccccc5oc4c32)cc1. The maximum atomic E-state index is 6.94. The van der Waals surface area contributed by atoms with E-state index < -0.39 is 0 Å². The highest BCUT2D eigenvalue weighted by molar-refractivity contribution is 7.25. The van der Waals surface area contributed by atoms with Crippen LogP contribution < -0.4 is 0 Å². The van der Waals surface area contributed by atoms with Gasteiger partial charge in [-0.1, -0.05) is 91.0 Å². The van der Waals surface area contributed by atoms with E-state index >= 15 is 0 Å². The monoisotopic (exact) mass is 604 g/mol. The van der Waals surface area contributed by atoms with Crippen molar-refractivity contribution in [2.45, 2.75) is 0 Å². The molecule has 0 N–H and O–H groups in total. The highest BCUT2D eigenvalue weighted by Crippen LogP contribution is 2.49. The molecule has 0 bridgehead atoms. The molecule has 0 saturated carbocycles. The second-order valence-electron chi connectivity index (χ2n) is 12.1. The zero-order valence-electron chi connectivity index (χ0n) is 24.6. The Hall–Kier alpha value is -5.84. The summed E-state index contributed by atoms with van der Waals surface area (Å²) < 4.78 is 14.4. The number of fused-ring (bicyclic) bond motifs is 15. The van der Waals surface area contributed by atoms with Crippen LogP contribution in [0.5, 0.6) is 0 Å². The van der Waals surface area contributed by atoms with E-state index in [0.717, 1.165) is 38.8 Å². The van der Waals surface area contributed by atoms with Crippen LogP contribution in [0.2, 0.25) is 0 Å². The summed E-state index contributed by atoms with van der Waals surface area (Å²) in [6.07, 6.45) is 0. The average Bonchev–Trinajstić information content (AvgIpc) is 3.86. The van der Waals surface area contributed by atoms with Gasteiger partial charge in [-0.15, -0.1) is 11.3 Å². The van der Waals surface area contributed by atoms with Crippen molar-refractivity contribution in [3.63, 3.8) is 0 Å². The quantitative estimate of drug-likeness (QED) is 0.192. The third-order valence-electron chi connectivity index (χ3n) is 9.68. The van der Waals surface area contributed by atoms with E-state index in [1.807, 2.05) is 11.3 Å². The molecule has 0 spiro atoms. The number of nitrogens with zero attached hydrogens (tertiary/aromatic N) is 2. The van der Waals surface area contributed by atoms with Crippen LogP contribution in [0.4, 0.5) is 0 Å². The molecule has 11 aromatic rings. The summed E-state index contributed by atoms with van der Waals surface area (Å²) in [5.74, 6) is 0. The molecular formula is C42H24N2OS. The molecule has 4 heteroatoms. The zero-order valence-corrected chi connectivity index (χ0v) is 25.4. The van der Waals surface area contributed by atoms with Gasteiger partial charge in [-0.25, -0.2) is 0 Å². The second kappa shape index (κ2) is 8.87. The molecule has 0 aliphatic heterocycles. The number of hydrogen-bond acceptors (Lipinski definition) is 2. The first-order chi connectivity index (χ1) is 22.8. The number of aromatic nitrogens is 2. The number of hydrogen-bond donors (Lipinski definition) is 0. The molecule has 0 fully saturated rings. The Morgan fingerprint density at radius 2 is 1.00 bits per heavy atom. The minimum atomic E-state index is 0.896. The molecule has 4 aromatic heterocycles. The van der Waals surface area contributed by atoms with Crippen LogP contribution in [0.3, 0.4) is 0 Å². The van der Waals surface area contributed by atoms with E-state index in [1.165, 1.54) is 58.3 Å². The van der Waals surface area contributed by atoms with Crippen molar-refractivity contribution in [3.05, 3.63) is 146 Å². The van der Waals surface area contributed by atoms with Gasteiger partial charge in [0.15, 0.2) is 5.58 Å². The number of thiophene rings is 1. The average molecular weight is 605 g/mol. The molecule has 0 aliphatic rings. The van der Waals surface area contributed by atoms with Crippen LogP contribution in [0.15, 0.2) is 150 Å². The van der Waals surface area contributed by atoms with Crippen molar-refractivity contribution in [2.24, 2.45) is 0 Å². The lowest BCUT2D eigenvalue weighted by Crippen LogP contribution is -1.96. The first-order valence-electron chi connectivity index (χ1n) is 15.6. The fourth-order valence-electron chi connectivity index (χ4n) is 7.85. The first-order valence-corrected chi connectivity index (χ1v) is 16.4. The van der Waals surface area contributed by atoms with Crippen LogP contribution in [0, 0.1) is 0 Å². The predicted molar refractivity (Wildman–Crippen MR) is 195 cm³/mol. The van der Waals surface area contributed by atoms with E-state index in [1.54, 1.807) is 0 Å². The van der Waals surface area contributed by atoms with Crippen LogP contribution >= 0.6 is 11.3 Å². The van der Waals surface area contributed by atoms with Crippen LogP contribution in [-0.4, -0.2) is 9.13 Å². The highest BCUT2D eigenvalue weighted by Gasteiger charge is 2.27. The third-order valence-corrected chi connectivity index (χ3v) is 10.8. The summed E-state index contributed by atoms with van der Waals surface area (Å²) in [4.78, 5) is 0. The van der Waals surface area contributed by atoms with Crippen molar-refractivity contribution in [1.29, 1.82) is 0 Å². The van der Waals surface area contributed by atoms with Gasteiger partial charge in [0.2, 0.25) is 0 Å². The number of benzene rings is 7. The Balaban J connectivity index is 1.44. The first kappa shape index (κ1) is 24.5. The number of furan rings is 1. The van der Waals surface area contributed by atoms with E-state index in [9.17, 15) is 0 Å². The van der Waals surface area contributed by atoms with E-state index in [4.69, 9.17) is 4.42 Å². The lowest BCUT2D eigenvalue weighted by Gasteiger charge is -2.11. The van der Waals surface area contributed by atoms with Crippen LogP contribution in [0.1, 0.15) is 0 Å². The molecular weight excluding hydrogens is 581 g/mol. The highest BCUT2D eigenvalue weighted by atomic mass is 32.1. The number of para-hydroxylation sites is 4. The summed E-state index contributed by atoms with van der Waals surface area (Å²) in [5.41, 5.74) is 8.72. The standard InChI is InChI=1S/C42H24N2OS/c1-2-12-25(13-3-1)43-32-18-8-5-16-29(32)38-37-28-15-4-9-19-33(28)44(26-22-23-36-31(24-26)27-14-7-11-21-35(27)46-36)40(37)39-30-17-6-10-20-34(30)45-42(39)41(38)43/h1-24H. The van der Waals surface area contributed by atoms with Crippen LogP contribution in [0.25, 0.3) is 97.1 Å². The molecule has 0 radical (unpaired) electrons. The van der Waals surface area contributed by atoms with Gasteiger partial charge in [0.1, 0.15) is 5.58 Å². The summed E-state index contributed by atoms with van der Waals surface area (Å²) in [5, 5.41) is 9.79. The molecule has 46 heavy (non-hydrogen) atoms. The van der Waals surface area contributed by atoms with Crippen molar-refractivity contribution >= 4 is 97.1 Å². The summed E-state index contributed by atoms with van der Waals surface area (Å²) in [6.45, 7) is 0. The molecule has 11 rings (SSSR count). The Kier molecular flexibility index (Phi) is 4.72. The van der Waals surface area contributed by atoms with Gasteiger partial charge in [0, 0.05) is 58.5 Å². The van der Waals surface area contributed by atoms with Gasteiger partial charge in [-0.3, -0.25) is 0 Å². The third kappa shape index (κ3) is 3.06. The normalized spacial score (nSPS) is 12.3. The fourth-order valence-corrected chi connectivity index (χ4v) is 8.94. The Morgan fingerprint density at radius 3 is 1.78 bits per heavy atom. The molecule has 0 atom stereocenters. The van der Waals surface area contributed by atoms with Crippen molar-refractivity contribution in [3.8, 4) is 11.4 Å². The smallest absolute Gasteiger partial charge is 0.162 e. The fraction of sp³-hybridized carbons (Fsp3) is 0. The van der Waals surface area contributed by atoms with Gasteiger partial charge in [-0.05, 0) is 54.6 Å². The summed E-state index contributed by atoms with van der Waals surface area (Å²) in [7, 11) is 0.